The zero-order valence-corrected chi connectivity index (χ0v) is 13.8. The topological polar surface area (TPSA) is 84.5 Å². The Kier molecular flexibility index (Phi) is 4.26. The van der Waals surface area contributed by atoms with Gasteiger partial charge in [-0.15, -0.1) is 0 Å². The van der Waals surface area contributed by atoms with Gasteiger partial charge < -0.3 is 10.1 Å². The van der Waals surface area contributed by atoms with E-state index in [1.54, 1.807) is 30.3 Å². The van der Waals surface area contributed by atoms with Crippen LogP contribution >= 0.6 is 0 Å². The first-order chi connectivity index (χ1) is 11.4. The van der Waals surface area contributed by atoms with E-state index in [4.69, 9.17) is 4.74 Å². The number of hydrogen-bond acceptors (Lipinski definition) is 4. The van der Waals surface area contributed by atoms with Crippen LogP contribution in [0.5, 0.6) is 5.75 Å². The summed E-state index contributed by atoms with van der Waals surface area (Å²) in [5, 5.41) is 2.72. The fourth-order valence-electron chi connectivity index (χ4n) is 2.33. The Hall–Kier alpha value is -2.80. The van der Waals surface area contributed by atoms with Gasteiger partial charge in [-0.05, 0) is 24.3 Å². The molecule has 1 aliphatic rings. The summed E-state index contributed by atoms with van der Waals surface area (Å²) in [6.07, 6.45) is 2.82. The number of carbonyl (C=O) groups is 1. The van der Waals surface area contributed by atoms with Crippen LogP contribution in [0.25, 0.3) is 6.08 Å². The van der Waals surface area contributed by atoms with Gasteiger partial charge in [-0.3, -0.25) is 9.52 Å². The molecule has 6 nitrogen and oxygen atoms in total. The van der Waals surface area contributed by atoms with Gasteiger partial charge in [0.2, 0.25) is 10.0 Å². The standard InChI is InChI=1S/C17H16N2O4S/c1-24(21,22)19-15-8-4-3-7-14(15)18-17(20)13-10-12-6-2-5-9-16(12)23-11-13/h2-10,19H,11H2,1H3,(H,18,20). The highest BCUT2D eigenvalue weighted by atomic mass is 32.2. The average molecular weight is 344 g/mol. The molecule has 0 atom stereocenters. The molecule has 24 heavy (non-hydrogen) atoms. The molecule has 2 aromatic carbocycles. The Balaban J connectivity index is 1.83. The summed E-state index contributed by atoms with van der Waals surface area (Å²) in [4.78, 5) is 12.5. The van der Waals surface area contributed by atoms with E-state index in [0.717, 1.165) is 17.6 Å². The quantitative estimate of drug-likeness (QED) is 0.892. The number of ether oxygens (including phenoxy) is 1. The summed E-state index contributed by atoms with van der Waals surface area (Å²) in [6, 6.07) is 14.0. The Morgan fingerprint density at radius 2 is 1.71 bits per heavy atom. The molecule has 0 radical (unpaired) electrons. The largest absolute Gasteiger partial charge is 0.488 e. The lowest BCUT2D eigenvalue weighted by molar-refractivity contribution is -0.113. The highest BCUT2D eigenvalue weighted by Crippen LogP contribution is 2.27. The molecule has 0 fully saturated rings. The average Bonchev–Trinajstić information content (AvgIpc) is 2.55. The van der Waals surface area contributed by atoms with Gasteiger partial charge in [-0.1, -0.05) is 30.3 Å². The monoisotopic (exact) mass is 344 g/mol. The molecular formula is C17H16N2O4S. The maximum absolute atomic E-state index is 12.5. The number of para-hydroxylation sites is 3. The minimum atomic E-state index is -3.44. The van der Waals surface area contributed by atoms with E-state index in [9.17, 15) is 13.2 Å². The lowest BCUT2D eigenvalue weighted by atomic mass is 10.1. The molecule has 0 unspecified atom stereocenters. The molecule has 0 bridgehead atoms. The Morgan fingerprint density at radius 3 is 2.46 bits per heavy atom. The predicted octanol–water partition coefficient (Wildman–Crippen LogP) is 2.47. The van der Waals surface area contributed by atoms with Gasteiger partial charge in [0, 0.05) is 5.56 Å². The molecule has 124 valence electrons. The first-order valence-corrected chi connectivity index (χ1v) is 9.12. The zero-order chi connectivity index (χ0) is 17.2. The van der Waals surface area contributed by atoms with Crippen molar-refractivity contribution in [1.82, 2.24) is 0 Å². The number of rotatable bonds is 4. The van der Waals surface area contributed by atoms with Crippen LogP contribution in [-0.2, 0) is 14.8 Å². The molecule has 1 amide bonds. The summed E-state index contributed by atoms with van der Waals surface area (Å²) in [5.74, 6) is 0.389. The number of carbonyl (C=O) groups excluding carboxylic acids is 1. The molecule has 2 aromatic rings. The Morgan fingerprint density at radius 1 is 1.04 bits per heavy atom. The fourth-order valence-corrected chi connectivity index (χ4v) is 2.91. The number of nitrogens with one attached hydrogen (secondary N) is 2. The lowest BCUT2D eigenvalue weighted by Gasteiger charge is -2.18. The van der Waals surface area contributed by atoms with Crippen LogP contribution in [0.4, 0.5) is 11.4 Å². The smallest absolute Gasteiger partial charge is 0.255 e. The van der Waals surface area contributed by atoms with Crippen molar-refractivity contribution in [1.29, 1.82) is 0 Å². The van der Waals surface area contributed by atoms with Crippen LogP contribution in [0.15, 0.2) is 54.1 Å². The van der Waals surface area contributed by atoms with Gasteiger partial charge in [0.15, 0.2) is 0 Å². The summed E-state index contributed by atoms with van der Waals surface area (Å²) < 4.78 is 30.8. The van der Waals surface area contributed by atoms with Crippen molar-refractivity contribution in [3.05, 3.63) is 59.7 Å². The van der Waals surface area contributed by atoms with E-state index in [-0.39, 0.29) is 12.5 Å². The molecule has 0 aliphatic carbocycles. The molecule has 2 N–H and O–H groups in total. The normalized spacial score (nSPS) is 13.3. The lowest BCUT2D eigenvalue weighted by Crippen LogP contribution is -2.22. The second-order valence-corrected chi connectivity index (χ2v) is 7.12. The molecule has 0 aromatic heterocycles. The number of benzene rings is 2. The summed E-state index contributed by atoms with van der Waals surface area (Å²) in [5.41, 5.74) is 1.98. The molecule has 7 heteroatoms. The van der Waals surface area contributed by atoms with Gasteiger partial charge in [0.25, 0.3) is 5.91 Å². The van der Waals surface area contributed by atoms with Crippen molar-refractivity contribution in [2.75, 3.05) is 22.9 Å². The Bertz CT molecular complexity index is 920. The third kappa shape index (κ3) is 3.75. The molecule has 0 saturated carbocycles. The van der Waals surface area contributed by atoms with Crippen LogP contribution < -0.4 is 14.8 Å². The first kappa shape index (κ1) is 16.1. The number of amides is 1. The fraction of sp³-hybridized carbons (Fsp3) is 0.118. The maximum atomic E-state index is 12.5. The van der Waals surface area contributed by atoms with E-state index in [1.807, 2.05) is 24.3 Å². The van der Waals surface area contributed by atoms with E-state index in [1.165, 1.54) is 0 Å². The van der Waals surface area contributed by atoms with Gasteiger partial charge in [-0.25, -0.2) is 8.42 Å². The van der Waals surface area contributed by atoms with Gasteiger partial charge in [0.1, 0.15) is 12.4 Å². The molecule has 3 rings (SSSR count). The van der Waals surface area contributed by atoms with E-state index < -0.39 is 10.0 Å². The number of hydrogen-bond donors (Lipinski definition) is 2. The van der Waals surface area contributed by atoms with E-state index in [0.29, 0.717) is 16.9 Å². The third-order valence-electron chi connectivity index (χ3n) is 3.39. The maximum Gasteiger partial charge on any atom is 0.255 e. The second kappa shape index (κ2) is 6.37. The summed E-state index contributed by atoms with van der Waals surface area (Å²) in [6.45, 7) is 0.157. The van der Waals surface area contributed by atoms with Crippen molar-refractivity contribution < 1.29 is 17.9 Å². The third-order valence-corrected chi connectivity index (χ3v) is 3.98. The molecule has 1 heterocycles. The molecular weight excluding hydrogens is 328 g/mol. The van der Waals surface area contributed by atoms with Gasteiger partial charge in [0.05, 0.1) is 23.2 Å². The zero-order valence-electron chi connectivity index (χ0n) is 12.9. The van der Waals surface area contributed by atoms with Gasteiger partial charge >= 0.3 is 0 Å². The van der Waals surface area contributed by atoms with Crippen molar-refractivity contribution in [2.24, 2.45) is 0 Å². The van der Waals surface area contributed by atoms with Gasteiger partial charge in [-0.2, -0.15) is 0 Å². The van der Waals surface area contributed by atoms with Crippen LogP contribution in [0, 0.1) is 0 Å². The highest BCUT2D eigenvalue weighted by Gasteiger charge is 2.18. The van der Waals surface area contributed by atoms with Crippen molar-refractivity contribution in [3.8, 4) is 5.75 Å². The summed E-state index contributed by atoms with van der Waals surface area (Å²) in [7, 11) is -3.44. The van der Waals surface area contributed by atoms with E-state index in [2.05, 4.69) is 10.0 Å². The minimum absolute atomic E-state index is 0.157. The highest BCUT2D eigenvalue weighted by molar-refractivity contribution is 7.92. The number of fused-ring (bicyclic) bond motifs is 1. The molecule has 0 saturated heterocycles. The van der Waals surface area contributed by atoms with Crippen molar-refractivity contribution in [2.45, 2.75) is 0 Å². The van der Waals surface area contributed by atoms with E-state index >= 15 is 0 Å². The van der Waals surface area contributed by atoms with Crippen molar-refractivity contribution >= 4 is 33.4 Å². The number of sulfonamides is 1. The SMILES string of the molecule is CS(=O)(=O)Nc1ccccc1NC(=O)C1=Cc2ccccc2OC1. The predicted molar refractivity (Wildman–Crippen MR) is 93.5 cm³/mol. The Labute approximate surface area is 140 Å². The first-order valence-electron chi connectivity index (χ1n) is 7.23. The summed E-state index contributed by atoms with van der Waals surface area (Å²) >= 11 is 0. The molecule has 0 spiro atoms. The second-order valence-electron chi connectivity index (χ2n) is 5.37. The van der Waals surface area contributed by atoms with Crippen LogP contribution in [-0.4, -0.2) is 27.2 Å². The molecule has 1 aliphatic heterocycles. The van der Waals surface area contributed by atoms with Crippen LogP contribution in [0.2, 0.25) is 0 Å². The van der Waals surface area contributed by atoms with Crippen LogP contribution in [0.3, 0.4) is 0 Å². The minimum Gasteiger partial charge on any atom is -0.488 e. The van der Waals surface area contributed by atoms with Crippen LogP contribution in [0.1, 0.15) is 5.56 Å². The van der Waals surface area contributed by atoms with Crippen molar-refractivity contribution in [3.63, 3.8) is 0 Å². The number of anilines is 2.